The molecule has 0 rings (SSSR count). The van der Waals surface area contributed by atoms with Crippen molar-refractivity contribution in [3.8, 4) is 0 Å². The van der Waals surface area contributed by atoms with Crippen LogP contribution in [0.5, 0.6) is 0 Å². The molecule has 1 unspecified atom stereocenters. The summed E-state index contributed by atoms with van der Waals surface area (Å²) in [6.45, 7) is 6.35. The fourth-order valence-electron chi connectivity index (χ4n) is 3.21. The van der Waals surface area contributed by atoms with Crippen LogP contribution in [0.15, 0.2) is 12.2 Å². The van der Waals surface area contributed by atoms with Crippen LogP contribution in [0.3, 0.4) is 0 Å². The molecule has 3 nitrogen and oxygen atoms in total. The van der Waals surface area contributed by atoms with E-state index in [4.69, 9.17) is 0 Å². The Kier molecular flexibility index (Phi) is 16.8. The van der Waals surface area contributed by atoms with Crippen LogP contribution in [0.1, 0.15) is 117 Å². The highest BCUT2D eigenvalue weighted by Crippen LogP contribution is 2.15. The molecule has 25 heavy (non-hydrogen) atoms. The Balaban J connectivity index is 3.27. The van der Waals surface area contributed by atoms with Crippen molar-refractivity contribution in [2.75, 3.05) is 6.54 Å². The van der Waals surface area contributed by atoms with E-state index in [1.54, 1.807) is 6.92 Å². The summed E-state index contributed by atoms with van der Waals surface area (Å²) in [5.74, 6) is 0. The third-order valence-electron chi connectivity index (χ3n) is 5.31. The maximum absolute atomic E-state index is 9.70. The molecule has 1 atom stereocenters. The van der Waals surface area contributed by atoms with Gasteiger partial charge in [-0.25, -0.2) is 0 Å². The number of hydroxylamine groups is 4. The van der Waals surface area contributed by atoms with Crippen molar-refractivity contribution >= 4 is 0 Å². The maximum Gasteiger partial charge on any atom is 0.149 e. The summed E-state index contributed by atoms with van der Waals surface area (Å²) in [6, 6.07) is -0.0817. The van der Waals surface area contributed by atoms with E-state index in [0.29, 0.717) is 6.54 Å². The highest BCUT2D eigenvalue weighted by molar-refractivity contribution is 4.81. The van der Waals surface area contributed by atoms with Gasteiger partial charge in [0, 0.05) is 6.42 Å². The summed E-state index contributed by atoms with van der Waals surface area (Å²) < 4.78 is 0. The Bertz CT molecular complexity index is 302. The second kappa shape index (κ2) is 17.1. The largest absolute Gasteiger partial charge is 0.182 e. The monoisotopic (exact) mass is 356 g/mol. The van der Waals surface area contributed by atoms with Crippen LogP contribution >= 0.6 is 0 Å². The number of hydrogen-bond donors (Lipinski definition) is 2. The van der Waals surface area contributed by atoms with Crippen molar-refractivity contribution in [1.29, 1.82) is 0 Å². The van der Waals surface area contributed by atoms with E-state index in [2.05, 4.69) is 19.1 Å². The lowest BCUT2D eigenvalue weighted by atomic mass is 10.0. The summed E-state index contributed by atoms with van der Waals surface area (Å²) in [5.41, 5.74) is 0. The Hall–Kier alpha value is -0.380. The summed E-state index contributed by atoms with van der Waals surface area (Å²) >= 11 is 0. The van der Waals surface area contributed by atoms with Gasteiger partial charge in [-0.1, -0.05) is 76.9 Å². The van der Waals surface area contributed by atoms with Gasteiger partial charge >= 0.3 is 0 Å². The second-order valence-electron chi connectivity index (χ2n) is 7.68. The van der Waals surface area contributed by atoms with Crippen LogP contribution in [0.25, 0.3) is 0 Å². The minimum atomic E-state index is -0.828. The van der Waals surface area contributed by atoms with Crippen LogP contribution in [0.4, 0.5) is 0 Å². The van der Waals surface area contributed by atoms with Gasteiger partial charge < -0.3 is 0 Å². The van der Waals surface area contributed by atoms with E-state index in [1.807, 2.05) is 6.92 Å². The van der Waals surface area contributed by atoms with Gasteiger partial charge in [-0.05, 0) is 50.8 Å². The molecule has 0 heterocycles. The summed E-state index contributed by atoms with van der Waals surface area (Å²) in [5, 5.41) is 19.4. The standard InChI is InChI=1S/C22H46NO2/c1-4-6-7-8-9-10-11-12-13-14-15-16-17-18-19-20-21-22(3)23(24,25)5-2/h12-13,22,24-25H,4-11,14-21H2,1-3H3/q+1. The van der Waals surface area contributed by atoms with E-state index < -0.39 is 4.81 Å². The molecule has 0 saturated heterocycles. The van der Waals surface area contributed by atoms with Crippen molar-refractivity contribution in [2.45, 2.75) is 123 Å². The first-order valence-corrected chi connectivity index (χ1v) is 11.0. The van der Waals surface area contributed by atoms with Crippen LogP contribution in [0.2, 0.25) is 0 Å². The Labute approximate surface area is 157 Å². The Morgan fingerprint density at radius 2 is 1.12 bits per heavy atom. The number of allylic oxidation sites excluding steroid dienone is 2. The van der Waals surface area contributed by atoms with Crippen molar-refractivity contribution in [2.24, 2.45) is 0 Å². The van der Waals surface area contributed by atoms with Crippen LogP contribution < -0.4 is 0 Å². The van der Waals surface area contributed by atoms with Crippen molar-refractivity contribution in [1.82, 2.24) is 0 Å². The van der Waals surface area contributed by atoms with E-state index in [1.165, 1.54) is 83.5 Å². The molecule has 0 spiro atoms. The SMILES string of the molecule is CCCCCCCCC=CCCCCCCCCC(C)[N+](O)(O)CC. The highest BCUT2D eigenvalue weighted by atomic mass is 16.8. The van der Waals surface area contributed by atoms with Crippen molar-refractivity contribution in [3.63, 3.8) is 0 Å². The summed E-state index contributed by atoms with van der Waals surface area (Å²) in [6.07, 6.45) is 24.0. The van der Waals surface area contributed by atoms with Gasteiger partial charge in [0.1, 0.15) is 12.6 Å². The molecule has 0 aromatic rings. The fourth-order valence-corrected chi connectivity index (χ4v) is 3.21. The zero-order valence-corrected chi connectivity index (χ0v) is 17.4. The molecule has 0 bridgehead atoms. The third kappa shape index (κ3) is 15.6. The minimum absolute atomic E-state index is 0.0817. The molecule has 3 heteroatoms. The first kappa shape index (κ1) is 24.6. The van der Waals surface area contributed by atoms with Crippen molar-refractivity contribution < 1.29 is 15.2 Å². The van der Waals surface area contributed by atoms with Crippen LogP contribution in [0, 0.1) is 0 Å². The van der Waals surface area contributed by atoms with Gasteiger partial charge in [0.25, 0.3) is 0 Å². The number of unbranched alkanes of at least 4 members (excludes halogenated alkanes) is 12. The quantitative estimate of drug-likeness (QED) is 0.116. The molecule has 0 aliphatic rings. The lowest BCUT2D eigenvalue weighted by Gasteiger charge is -2.26. The van der Waals surface area contributed by atoms with Crippen molar-refractivity contribution in [3.05, 3.63) is 12.2 Å². The van der Waals surface area contributed by atoms with Gasteiger partial charge in [0.2, 0.25) is 0 Å². The molecule has 0 aromatic carbocycles. The number of hydrogen-bond acceptors (Lipinski definition) is 2. The zero-order chi connectivity index (χ0) is 18.8. The fraction of sp³-hybridized carbons (Fsp3) is 0.909. The molecule has 0 aromatic heterocycles. The molecule has 150 valence electrons. The van der Waals surface area contributed by atoms with Gasteiger partial charge in [0.15, 0.2) is 0 Å². The molecular formula is C22H46NO2+. The molecule has 0 radical (unpaired) electrons. The average Bonchev–Trinajstić information content (AvgIpc) is 2.61. The maximum atomic E-state index is 9.70. The Morgan fingerprint density at radius 3 is 1.60 bits per heavy atom. The van der Waals surface area contributed by atoms with E-state index >= 15 is 0 Å². The van der Waals surface area contributed by atoms with E-state index in [0.717, 1.165) is 12.8 Å². The predicted molar refractivity (Wildman–Crippen MR) is 108 cm³/mol. The molecular weight excluding hydrogens is 310 g/mol. The molecule has 0 aliphatic carbocycles. The molecule has 0 amide bonds. The van der Waals surface area contributed by atoms with Crippen LogP contribution in [-0.2, 0) is 0 Å². The molecule has 0 saturated carbocycles. The first-order valence-electron chi connectivity index (χ1n) is 11.0. The molecule has 0 aliphatic heterocycles. The highest BCUT2D eigenvalue weighted by Gasteiger charge is 2.28. The van der Waals surface area contributed by atoms with Gasteiger partial charge in [-0.3, -0.25) is 0 Å². The Morgan fingerprint density at radius 1 is 0.680 bits per heavy atom. The summed E-state index contributed by atoms with van der Waals surface area (Å²) in [7, 11) is 0. The van der Waals surface area contributed by atoms with Gasteiger partial charge in [-0.2, -0.15) is 10.4 Å². The molecule has 0 fully saturated rings. The lowest BCUT2D eigenvalue weighted by molar-refractivity contribution is -1.26. The first-order chi connectivity index (χ1) is 12.0. The smallest absolute Gasteiger partial charge is 0.149 e. The number of rotatable bonds is 18. The summed E-state index contributed by atoms with van der Waals surface area (Å²) in [4.78, 5) is -0.828. The second-order valence-corrected chi connectivity index (χ2v) is 7.68. The normalized spacial score (nSPS) is 13.6. The minimum Gasteiger partial charge on any atom is -0.182 e. The average molecular weight is 357 g/mol. The van der Waals surface area contributed by atoms with E-state index in [-0.39, 0.29) is 6.04 Å². The zero-order valence-electron chi connectivity index (χ0n) is 17.4. The third-order valence-corrected chi connectivity index (χ3v) is 5.31. The van der Waals surface area contributed by atoms with Crippen LogP contribution in [-0.4, -0.2) is 27.8 Å². The number of nitrogens with zero attached hydrogens (tertiary/aromatic N) is 1. The van der Waals surface area contributed by atoms with E-state index in [9.17, 15) is 10.4 Å². The number of quaternary nitrogens is 1. The van der Waals surface area contributed by atoms with Gasteiger partial charge in [-0.15, -0.1) is 0 Å². The van der Waals surface area contributed by atoms with Gasteiger partial charge in [0.05, 0.1) is 0 Å². The lowest BCUT2D eigenvalue weighted by Crippen LogP contribution is -2.48. The molecule has 2 N–H and O–H groups in total. The predicted octanol–water partition coefficient (Wildman–Crippen LogP) is 7.42. The topological polar surface area (TPSA) is 40.5 Å².